The Labute approximate surface area is 166 Å². The van der Waals surface area contributed by atoms with Gasteiger partial charge in [0.1, 0.15) is 12.2 Å². The fraction of sp³-hybridized carbons (Fsp3) is 0.864. The van der Waals surface area contributed by atoms with E-state index in [9.17, 15) is 4.79 Å². The van der Waals surface area contributed by atoms with Gasteiger partial charge in [0.2, 0.25) is 0 Å². The molecule has 0 aromatic carbocycles. The van der Waals surface area contributed by atoms with Crippen LogP contribution in [-0.4, -0.2) is 56.0 Å². The zero-order chi connectivity index (χ0) is 19.6. The summed E-state index contributed by atoms with van der Waals surface area (Å²) in [5.41, 5.74) is 0.372. The molecular weight excluding hydrogens is 360 g/mol. The largest absolute Gasteiger partial charge is 0.465 e. The Hall–Kier alpha value is -0.950. The van der Waals surface area contributed by atoms with Crippen LogP contribution >= 0.6 is 0 Å². The van der Waals surface area contributed by atoms with Crippen molar-refractivity contribution in [3.63, 3.8) is 0 Å². The third-order valence-corrected chi connectivity index (χ3v) is 8.20. The number of carbonyl (C=O) groups is 1. The molecule has 3 saturated heterocycles. The Kier molecular flexibility index (Phi) is 4.44. The number of rotatable bonds is 4. The van der Waals surface area contributed by atoms with E-state index < -0.39 is 0 Å². The van der Waals surface area contributed by atoms with Gasteiger partial charge >= 0.3 is 5.97 Å². The van der Waals surface area contributed by atoms with Crippen molar-refractivity contribution >= 4 is 5.97 Å². The molecule has 1 saturated carbocycles. The van der Waals surface area contributed by atoms with Gasteiger partial charge in [0, 0.05) is 30.8 Å². The van der Waals surface area contributed by atoms with E-state index >= 15 is 0 Å². The molecule has 0 amide bonds. The van der Waals surface area contributed by atoms with Crippen molar-refractivity contribution in [1.29, 1.82) is 0 Å². The first-order chi connectivity index (χ1) is 13.4. The zero-order valence-corrected chi connectivity index (χ0v) is 17.2. The average molecular weight is 392 g/mol. The summed E-state index contributed by atoms with van der Waals surface area (Å²) >= 11 is 0. The van der Waals surface area contributed by atoms with Crippen LogP contribution in [-0.2, 0) is 28.5 Å². The minimum absolute atomic E-state index is 0.0173. The third-order valence-electron chi connectivity index (χ3n) is 8.20. The van der Waals surface area contributed by atoms with Gasteiger partial charge < -0.3 is 23.7 Å². The van der Waals surface area contributed by atoms with E-state index in [4.69, 9.17) is 23.7 Å². The first-order valence-corrected chi connectivity index (χ1v) is 10.8. The Morgan fingerprint density at radius 3 is 2.86 bits per heavy atom. The first-order valence-electron chi connectivity index (χ1n) is 10.8. The number of hydrogen-bond donors (Lipinski definition) is 0. The van der Waals surface area contributed by atoms with Crippen molar-refractivity contribution in [3.05, 3.63) is 11.6 Å². The minimum Gasteiger partial charge on any atom is -0.465 e. The van der Waals surface area contributed by atoms with Crippen molar-refractivity contribution in [2.75, 3.05) is 19.8 Å². The summed E-state index contributed by atoms with van der Waals surface area (Å²) in [4.78, 5) is 11.7. The van der Waals surface area contributed by atoms with Crippen LogP contribution in [0.5, 0.6) is 0 Å². The summed E-state index contributed by atoms with van der Waals surface area (Å²) in [6, 6.07) is 0. The molecule has 7 atom stereocenters. The Bertz CT molecular complexity index is 679. The van der Waals surface area contributed by atoms with E-state index in [1.807, 2.05) is 0 Å². The van der Waals surface area contributed by atoms with Gasteiger partial charge in [0.25, 0.3) is 0 Å². The molecular formula is C22H32O6. The summed E-state index contributed by atoms with van der Waals surface area (Å²) in [7, 11) is 0. The molecule has 6 heteroatoms. The maximum absolute atomic E-state index is 11.7. The fourth-order valence-electron chi connectivity index (χ4n) is 6.39. The van der Waals surface area contributed by atoms with Crippen LogP contribution in [0.15, 0.2) is 11.6 Å². The second-order valence-electron chi connectivity index (χ2n) is 9.53. The number of esters is 1. The predicted octanol–water partition coefficient (Wildman–Crippen LogP) is 3.13. The van der Waals surface area contributed by atoms with Gasteiger partial charge in [-0.2, -0.15) is 0 Å². The Morgan fingerprint density at radius 2 is 2.18 bits per heavy atom. The van der Waals surface area contributed by atoms with Crippen LogP contribution in [0.1, 0.15) is 59.3 Å². The van der Waals surface area contributed by atoms with Crippen LogP contribution in [0.2, 0.25) is 0 Å². The second-order valence-corrected chi connectivity index (χ2v) is 9.53. The Balaban J connectivity index is 1.53. The van der Waals surface area contributed by atoms with Gasteiger partial charge in [0.15, 0.2) is 6.29 Å². The average Bonchev–Trinajstić information content (AvgIpc) is 3.45. The topological polar surface area (TPSA) is 66.5 Å². The molecule has 1 spiro atoms. The summed E-state index contributed by atoms with van der Waals surface area (Å²) < 4.78 is 31.0. The molecule has 2 unspecified atom stereocenters. The summed E-state index contributed by atoms with van der Waals surface area (Å²) in [5.74, 6) is -0.248. The number of ether oxygens (including phenoxy) is 5. The molecule has 2 aliphatic carbocycles. The van der Waals surface area contributed by atoms with Crippen molar-refractivity contribution in [3.8, 4) is 0 Å². The van der Waals surface area contributed by atoms with Crippen molar-refractivity contribution < 1.29 is 28.5 Å². The van der Waals surface area contributed by atoms with Gasteiger partial charge in [0.05, 0.1) is 24.9 Å². The lowest BCUT2D eigenvalue weighted by Gasteiger charge is -2.58. The molecule has 156 valence electrons. The van der Waals surface area contributed by atoms with E-state index in [1.165, 1.54) is 12.5 Å². The van der Waals surface area contributed by atoms with E-state index in [1.54, 1.807) is 0 Å². The summed E-state index contributed by atoms with van der Waals surface area (Å²) in [5, 5.41) is 0. The van der Waals surface area contributed by atoms with Crippen LogP contribution in [0.4, 0.5) is 0 Å². The van der Waals surface area contributed by atoms with Crippen LogP contribution in [0.25, 0.3) is 0 Å². The summed E-state index contributed by atoms with van der Waals surface area (Å²) in [6.45, 7) is 7.73. The van der Waals surface area contributed by atoms with Crippen LogP contribution in [0.3, 0.4) is 0 Å². The molecule has 2 bridgehead atoms. The maximum Gasteiger partial charge on any atom is 0.302 e. The highest BCUT2D eigenvalue weighted by atomic mass is 16.7. The van der Waals surface area contributed by atoms with Gasteiger partial charge in [-0.3, -0.25) is 4.79 Å². The smallest absolute Gasteiger partial charge is 0.302 e. The van der Waals surface area contributed by atoms with Gasteiger partial charge in [-0.15, -0.1) is 0 Å². The highest BCUT2D eigenvalue weighted by Gasteiger charge is 2.82. The zero-order valence-electron chi connectivity index (χ0n) is 17.2. The normalized spacial score (nSPS) is 49.5. The lowest BCUT2D eigenvalue weighted by molar-refractivity contribution is -0.260. The Morgan fingerprint density at radius 1 is 1.36 bits per heavy atom. The van der Waals surface area contributed by atoms with Crippen LogP contribution in [0, 0.1) is 10.8 Å². The van der Waals surface area contributed by atoms with Gasteiger partial charge in [-0.25, -0.2) is 0 Å². The van der Waals surface area contributed by atoms with E-state index in [0.717, 1.165) is 45.1 Å². The van der Waals surface area contributed by atoms with Crippen molar-refractivity contribution in [1.82, 2.24) is 0 Å². The number of carbonyl (C=O) groups excluding carboxylic acids is 1. The molecule has 0 N–H and O–H groups in total. The van der Waals surface area contributed by atoms with Gasteiger partial charge in [-0.05, 0) is 39.0 Å². The quantitative estimate of drug-likeness (QED) is 0.416. The highest BCUT2D eigenvalue weighted by Crippen LogP contribution is 2.72. The van der Waals surface area contributed by atoms with Crippen molar-refractivity contribution in [2.45, 2.75) is 89.5 Å². The molecule has 0 radical (unpaired) electrons. The third kappa shape index (κ3) is 2.51. The number of hydrogen-bond acceptors (Lipinski definition) is 6. The molecule has 4 fully saturated rings. The predicted molar refractivity (Wildman–Crippen MR) is 101 cm³/mol. The summed E-state index contributed by atoms with van der Waals surface area (Å²) in [6.07, 6.45) is 7.86. The number of allylic oxidation sites excluding steroid dienone is 1. The lowest BCUT2D eigenvalue weighted by atomic mass is 9.51. The molecule has 3 aliphatic heterocycles. The molecule has 28 heavy (non-hydrogen) atoms. The van der Waals surface area contributed by atoms with E-state index in [0.29, 0.717) is 13.2 Å². The highest BCUT2D eigenvalue weighted by molar-refractivity contribution is 5.66. The monoisotopic (exact) mass is 392 g/mol. The molecule has 0 aromatic rings. The van der Waals surface area contributed by atoms with E-state index in [-0.39, 0.29) is 47.0 Å². The molecule has 5 aliphatic rings. The van der Waals surface area contributed by atoms with E-state index in [2.05, 4.69) is 19.9 Å². The fourth-order valence-corrected chi connectivity index (χ4v) is 6.39. The maximum atomic E-state index is 11.7. The molecule has 3 heterocycles. The molecule has 6 nitrogen and oxygen atoms in total. The van der Waals surface area contributed by atoms with Crippen LogP contribution < -0.4 is 0 Å². The standard InChI is InChI=1S/C22H32O6/c1-14-7-8-21(12-25-15(2)23)17(10-14)27-18-11-16(20(21,3)22(18)13-26-22)28-19-6-4-5-9-24-19/h10,16-19H,4-9,11-13H2,1-3H3/t16-,17-,18-,19?,20-,21-,22?/m1/s1. The minimum atomic E-state index is -0.346. The van der Waals surface area contributed by atoms with Gasteiger partial charge in [-0.1, -0.05) is 18.6 Å². The first kappa shape index (κ1) is 19.0. The van der Waals surface area contributed by atoms with Crippen molar-refractivity contribution in [2.24, 2.45) is 10.8 Å². The molecule has 0 aromatic heterocycles. The molecule has 5 rings (SSSR count). The lowest BCUT2D eigenvalue weighted by Crippen LogP contribution is -2.66. The number of epoxide rings is 1. The number of fused-ring (bicyclic) bond motifs is 2. The SMILES string of the molecule is CC(=O)OC[C@]12CCC(C)=C[C@H]1O[C@@H]1C[C@@H](OC3CCCCO3)[C@@]2(C)C12CO2. The second kappa shape index (κ2) is 6.53.